The molecular formula is C18H30N4O. The Labute approximate surface area is 140 Å². The zero-order chi connectivity index (χ0) is 16.2. The van der Waals surface area contributed by atoms with Gasteiger partial charge in [0.1, 0.15) is 11.6 Å². The van der Waals surface area contributed by atoms with E-state index < -0.39 is 0 Å². The third-order valence-corrected chi connectivity index (χ3v) is 5.19. The van der Waals surface area contributed by atoms with Crippen LogP contribution in [-0.2, 0) is 11.2 Å². The maximum Gasteiger partial charge on any atom is 0.135 e. The number of rotatable bonds is 6. The Morgan fingerprint density at radius 3 is 2.91 bits per heavy atom. The summed E-state index contributed by atoms with van der Waals surface area (Å²) in [6.45, 7) is 9.53. The Bertz CT molecular complexity index is 522. The lowest BCUT2D eigenvalue weighted by molar-refractivity contribution is 0.0889. The highest BCUT2D eigenvalue weighted by molar-refractivity contribution is 5.47. The first kappa shape index (κ1) is 16.7. The third kappa shape index (κ3) is 3.83. The first-order chi connectivity index (χ1) is 11.2. The van der Waals surface area contributed by atoms with Crippen molar-refractivity contribution < 1.29 is 4.74 Å². The predicted molar refractivity (Wildman–Crippen MR) is 92.9 cm³/mol. The van der Waals surface area contributed by atoms with Crippen molar-refractivity contribution in [3.8, 4) is 0 Å². The molecule has 2 bridgehead atoms. The highest BCUT2D eigenvalue weighted by Gasteiger charge is 2.35. The lowest BCUT2D eigenvalue weighted by Gasteiger charge is -2.35. The molecule has 0 unspecified atom stereocenters. The monoisotopic (exact) mass is 318 g/mol. The summed E-state index contributed by atoms with van der Waals surface area (Å²) in [5.74, 6) is 2.81. The number of hydrogen-bond acceptors (Lipinski definition) is 5. The fraction of sp³-hybridized carbons (Fsp3) is 0.778. The van der Waals surface area contributed by atoms with Crippen molar-refractivity contribution in [2.75, 3.05) is 44.8 Å². The van der Waals surface area contributed by atoms with Gasteiger partial charge < -0.3 is 9.64 Å². The van der Waals surface area contributed by atoms with Crippen LogP contribution >= 0.6 is 0 Å². The average molecular weight is 318 g/mol. The summed E-state index contributed by atoms with van der Waals surface area (Å²) in [5.41, 5.74) is 1.31. The number of methoxy groups -OCH3 is 1. The highest BCUT2D eigenvalue weighted by Crippen LogP contribution is 2.31. The van der Waals surface area contributed by atoms with Gasteiger partial charge in [-0.3, -0.25) is 4.90 Å². The standard InChI is InChI=1S/C18H30N4O/c1-4-5-16-10-19-14(2)20-18(16)22-12-15-6-7-17(13-22)21(11-15)8-9-23-3/h10,15,17H,4-9,11-13H2,1-3H3/t15-,17-/m0/s1. The maximum atomic E-state index is 5.30. The molecule has 3 saturated heterocycles. The fourth-order valence-electron chi connectivity index (χ4n) is 4.04. The molecule has 23 heavy (non-hydrogen) atoms. The lowest BCUT2D eigenvalue weighted by Crippen LogP contribution is -2.45. The number of ether oxygens (including phenoxy) is 1. The van der Waals surface area contributed by atoms with E-state index >= 15 is 0 Å². The van der Waals surface area contributed by atoms with Crippen molar-refractivity contribution in [2.24, 2.45) is 5.92 Å². The number of nitrogens with zero attached hydrogens (tertiary/aromatic N) is 4. The summed E-state index contributed by atoms with van der Waals surface area (Å²) >= 11 is 0. The molecule has 0 radical (unpaired) electrons. The molecule has 3 aliphatic heterocycles. The number of aryl methyl sites for hydroxylation is 2. The molecule has 3 fully saturated rings. The van der Waals surface area contributed by atoms with Gasteiger partial charge in [0.2, 0.25) is 0 Å². The summed E-state index contributed by atoms with van der Waals surface area (Å²) < 4.78 is 5.30. The predicted octanol–water partition coefficient (Wildman–Crippen LogP) is 2.28. The van der Waals surface area contributed by atoms with Gasteiger partial charge in [-0.25, -0.2) is 9.97 Å². The zero-order valence-corrected chi connectivity index (χ0v) is 14.8. The Morgan fingerprint density at radius 1 is 1.26 bits per heavy atom. The van der Waals surface area contributed by atoms with Gasteiger partial charge in [-0.05, 0) is 32.1 Å². The number of fused-ring (bicyclic) bond motifs is 4. The van der Waals surface area contributed by atoms with Crippen LogP contribution in [0.15, 0.2) is 6.20 Å². The molecule has 0 spiro atoms. The quantitative estimate of drug-likeness (QED) is 0.805. The van der Waals surface area contributed by atoms with E-state index in [1.807, 2.05) is 13.1 Å². The van der Waals surface area contributed by atoms with Crippen LogP contribution in [0.4, 0.5) is 5.82 Å². The van der Waals surface area contributed by atoms with Crippen molar-refractivity contribution in [1.29, 1.82) is 0 Å². The summed E-state index contributed by atoms with van der Waals surface area (Å²) in [6.07, 6.45) is 6.89. The molecule has 128 valence electrons. The van der Waals surface area contributed by atoms with E-state index in [2.05, 4.69) is 21.7 Å². The van der Waals surface area contributed by atoms with E-state index in [4.69, 9.17) is 9.72 Å². The Kier molecular flexibility index (Phi) is 5.49. The zero-order valence-electron chi connectivity index (χ0n) is 14.8. The molecular weight excluding hydrogens is 288 g/mol. The second-order valence-corrected chi connectivity index (χ2v) is 7.01. The second-order valence-electron chi connectivity index (χ2n) is 7.01. The Morgan fingerprint density at radius 2 is 2.13 bits per heavy atom. The molecule has 4 rings (SSSR count). The van der Waals surface area contributed by atoms with Crippen LogP contribution in [0.25, 0.3) is 0 Å². The first-order valence-electron chi connectivity index (χ1n) is 9.01. The molecule has 4 heterocycles. The van der Waals surface area contributed by atoms with Gasteiger partial charge >= 0.3 is 0 Å². The number of piperidine rings is 1. The minimum atomic E-state index is 0.633. The van der Waals surface area contributed by atoms with Crippen LogP contribution in [0.2, 0.25) is 0 Å². The van der Waals surface area contributed by atoms with Crippen LogP contribution < -0.4 is 4.90 Å². The van der Waals surface area contributed by atoms with Crippen LogP contribution in [0.5, 0.6) is 0 Å². The van der Waals surface area contributed by atoms with Crippen LogP contribution in [-0.4, -0.2) is 60.8 Å². The van der Waals surface area contributed by atoms with Crippen LogP contribution in [0.3, 0.4) is 0 Å². The van der Waals surface area contributed by atoms with Gasteiger partial charge in [-0.1, -0.05) is 13.3 Å². The molecule has 3 aliphatic rings. The smallest absolute Gasteiger partial charge is 0.135 e. The molecule has 1 aromatic heterocycles. The van der Waals surface area contributed by atoms with Crippen LogP contribution in [0.1, 0.15) is 37.6 Å². The molecule has 0 aliphatic carbocycles. The van der Waals surface area contributed by atoms with Crippen molar-refractivity contribution in [3.05, 3.63) is 17.6 Å². The molecule has 0 aromatic carbocycles. The number of aromatic nitrogens is 2. The summed E-state index contributed by atoms with van der Waals surface area (Å²) in [5, 5.41) is 0. The van der Waals surface area contributed by atoms with Gasteiger partial charge in [0.25, 0.3) is 0 Å². The normalized spacial score (nSPS) is 24.9. The molecule has 2 atom stereocenters. The van der Waals surface area contributed by atoms with Crippen molar-refractivity contribution in [2.45, 2.75) is 45.6 Å². The molecule has 5 nitrogen and oxygen atoms in total. The minimum absolute atomic E-state index is 0.633. The summed E-state index contributed by atoms with van der Waals surface area (Å²) in [6, 6.07) is 0.633. The Hall–Kier alpha value is -1.20. The topological polar surface area (TPSA) is 41.5 Å². The largest absolute Gasteiger partial charge is 0.383 e. The lowest BCUT2D eigenvalue weighted by atomic mass is 9.95. The summed E-state index contributed by atoms with van der Waals surface area (Å²) in [7, 11) is 1.79. The fourth-order valence-corrected chi connectivity index (χ4v) is 4.04. The van der Waals surface area contributed by atoms with E-state index in [1.54, 1.807) is 7.11 Å². The third-order valence-electron chi connectivity index (χ3n) is 5.19. The van der Waals surface area contributed by atoms with Crippen molar-refractivity contribution in [3.63, 3.8) is 0 Å². The maximum absolute atomic E-state index is 5.30. The van der Waals surface area contributed by atoms with Gasteiger partial charge in [-0.15, -0.1) is 0 Å². The molecule has 0 saturated carbocycles. The number of anilines is 1. The average Bonchev–Trinajstić information content (AvgIpc) is 2.86. The second kappa shape index (κ2) is 7.58. The molecule has 0 N–H and O–H groups in total. The van der Waals surface area contributed by atoms with Crippen molar-refractivity contribution in [1.82, 2.24) is 14.9 Å². The van der Waals surface area contributed by atoms with E-state index in [0.717, 1.165) is 50.8 Å². The van der Waals surface area contributed by atoms with Crippen LogP contribution in [0, 0.1) is 12.8 Å². The van der Waals surface area contributed by atoms with Gasteiger partial charge in [-0.2, -0.15) is 0 Å². The van der Waals surface area contributed by atoms with Crippen molar-refractivity contribution >= 4 is 5.82 Å². The number of hydrogen-bond donors (Lipinski definition) is 0. The van der Waals surface area contributed by atoms with E-state index in [-0.39, 0.29) is 0 Å². The molecule has 5 heteroatoms. The first-order valence-corrected chi connectivity index (χ1v) is 9.01. The van der Waals surface area contributed by atoms with E-state index in [9.17, 15) is 0 Å². The summed E-state index contributed by atoms with van der Waals surface area (Å²) in [4.78, 5) is 14.4. The highest BCUT2D eigenvalue weighted by atomic mass is 16.5. The minimum Gasteiger partial charge on any atom is -0.383 e. The van der Waals surface area contributed by atoms with Gasteiger partial charge in [0.15, 0.2) is 0 Å². The van der Waals surface area contributed by atoms with Gasteiger partial charge in [0.05, 0.1) is 6.61 Å². The molecule has 0 amide bonds. The SMILES string of the molecule is CCCc1cnc(C)nc1N1C[C@H]2CC[C@@H](C1)N(CCOC)C2. The van der Waals surface area contributed by atoms with E-state index in [1.165, 1.54) is 30.8 Å². The molecule has 1 aromatic rings. The Balaban J connectivity index is 1.81. The van der Waals surface area contributed by atoms with Gasteiger partial charge in [0, 0.05) is 51.1 Å². The van der Waals surface area contributed by atoms with E-state index in [0.29, 0.717) is 6.04 Å².